The van der Waals surface area contributed by atoms with Crippen LogP contribution in [0.5, 0.6) is 5.75 Å². The predicted octanol–water partition coefficient (Wildman–Crippen LogP) is 4.80. The van der Waals surface area contributed by atoms with Crippen molar-refractivity contribution < 1.29 is 23.5 Å². The first-order valence-corrected chi connectivity index (χ1v) is 12.0. The Labute approximate surface area is 207 Å². The average molecular weight is 489 g/mol. The van der Waals surface area contributed by atoms with Crippen LogP contribution in [-0.4, -0.2) is 28.7 Å². The number of aromatic nitrogens is 1. The summed E-state index contributed by atoms with van der Waals surface area (Å²) in [6.45, 7) is 5.25. The lowest BCUT2D eigenvalue weighted by molar-refractivity contribution is -0.136. The van der Waals surface area contributed by atoms with Gasteiger partial charge in [-0.2, -0.15) is 0 Å². The van der Waals surface area contributed by atoms with Crippen LogP contribution in [0.25, 0.3) is 21.9 Å². The van der Waals surface area contributed by atoms with Gasteiger partial charge in [-0.1, -0.05) is 18.2 Å². The van der Waals surface area contributed by atoms with E-state index in [4.69, 9.17) is 13.9 Å². The first-order valence-electron chi connectivity index (χ1n) is 12.0. The topological polar surface area (TPSA) is 111 Å². The van der Waals surface area contributed by atoms with E-state index in [1.165, 1.54) is 0 Å². The molecule has 8 heteroatoms. The van der Waals surface area contributed by atoms with Gasteiger partial charge in [0.2, 0.25) is 0 Å². The first kappa shape index (κ1) is 23.7. The number of nitrogens with one attached hydrogen (secondary N) is 2. The lowest BCUT2D eigenvalue weighted by Gasteiger charge is -2.23. The number of fused-ring (bicyclic) bond motifs is 4. The minimum Gasteiger partial charge on any atom is -0.444 e. The molecule has 186 valence electrons. The number of esters is 1. The van der Waals surface area contributed by atoms with Gasteiger partial charge in [-0.15, -0.1) is 0 Å². The second-order valence-electron chi connectivity index (χ2n) is 10.0. The molecule has 1 aliphatic carbocycles. The molecule has 1 amide bonds. The third kappa shape index (κ3) is 4.84. The Bertz CT molecular complexity index is 1520. The van der Waals surface area contributed by atoms with Crippen molar-refractivity contribution in [1.82, 2.24) is 10.3 Å². The molecule has 0 bridgehead atoms. The molecular weight excluding hydrogens is 460 g/mol. The molecule has 2 N–H and O–H groups in total. The highest BCUT2D eigenvalue weighted by Crippen LogP contribution is 2.30. The van der Waals surface area contributed by atoms with E-state index in [1.807, 2.05) is 30.5 Å². The number of para-hydroxylation sites is 1. The minimum absolute atomic E-state index is 0.193. The highest BCUT2D eigenvalue weighted by atomic mass is 16.6. The van der Waals surface area contributed by atoms with Gasteiger partial charge in [0.05, 0.1) is 0 Å². The van der Waals surface area contributed by atoms with Crippen molar-refractivity contribution >= 4 is 33.9 Å². The Hall–Kier alpha value is -4.07. The van der Waals surface area contributed by atoms with Crippen LogP contribution < -0.4 is 15.7 Å². The van der Waals surface area contributed by atoms with Crippen molar-refractivity contribution in [2.45, 2.75) is 58.1 Å². The lowest BCUT2D eigenvalue weighted by Crippen LogP contribution is -2.46. The van der Waals surface area contributed by atoms with Crippen LogP contribution in [0.4, 0.5) is 4.79 Å². The zero-order chi connectivity index (χ0) is 25.4. The molecule has 0 radical (unpaired) electrons. The molecule has 0 fully saturated rings. The van der Waals surface area contributed by atoms with Crippen LogP contribution >= 0.6 is 0 Å². The van der Waals surface area contributed by atoms with Crippen molar-refractivity contribution in [3.63, 3.8) is 0 Å². The summed E-state index contributed by atoms with van der Waals surface area (Å²) in [6, 6.07) is 11.7. The van der Waals surface area contributed by atoms with Crippen molar-refractivity contribution in [3.8, 4) is 5.75 Å². The predicted molar refractivity (Wildman–Crippen MR) is 135 cm³/mol. The van der Waals surface area contributed by atoms with Gasteiger partial charge < -0.3 is 24.2 Å². The van der Waals surface area contributed by atoms with Gasteiger partial charge in [0.1, 0.15) is 23.0 Å². The molecule has 2 aromatic heterocycles. The number of H-pyrrole nitrogens is 1. The summed E-state index contributed by atoms with van der Waals surface area (Å²) < 4.78 is 16.5. The number of aromatic amines is 1. The molecule has 0 aliphatic heterocycles. The third-order valence-corrected chi connectivity index (χ3v) is 6.24. The van der Waals surface area contributed by atoms with Crippen molar-refractivity contribution in [1.29, 1.82) is 0 Å². The van der Waals surface area contributed by atoms with Gasteiger partial charge in [0.25, 0.3) is 0 Å². The number of hydrogen-bond acceptors (Lipinski definition) is 6. The molecule has 1 atom stereocenters. The third-order valence-electron chi connectivity index (χ3n) is 6.24. The number of alkyl carbamates (subject to hydrolysis) is 1. The number of aryl methyl sites for hydroxylation is 1. The van der Waals surface area contributed by atoms with E-state index in [0.717, 1.165) is 52.2 Å². The maximum Gasteiger partial charge on any atom is 0.408 e. The standard InChI is InChI=1S/C28H28N2O6/c1-28(2,3)36-27(33)30-23(13-16-15-29-22-10-5-4-7-18(16)22)26(32)34-17-11-12-20-19-8-6-9-21(19)25(31)35-24(20)14-17/h4-5,7,10-12,14-15,23,29H,6,8-9,13H2,1-3H3,(H,30,33)/t23-/m0/s1. The molecule has 0 saturated heterocycles. The summed E-state index contributed by atoms with van der Waals surface area (Å²) in [5, 5.41) is 4.45. The van der Waals surface area contributed by atoms with Gasteiger partial charge in [-0.05, 0) is 69.4 Å². The number of carbonyl (C=O) groups is 2. The molecule has 36 heavy (non-hydrogen) atoms. The van der Waals surface area contributed by atoms with E-state index in [9.17, 15) is 14.4 Å². The van der Waals surface area contributed by atoms with E-state index in [-0.39, 0.29) is 17.8 Å². The fourth-order valence-corrected chi connectivity index (χ4v) is 4.68. The maximum atomic E-state index is 13.3. The zero-order valence-corrected chi connectivity index (χ0v) is 20.5. The highest BCUT2D eigenvalue weighted by Gasteiger charge is 2.28. The number of benzene rings is 2. The summed E-state index contributed by atoms with van der Waals surface area (Å²) in [4.78, 5) is 41.3. The molecule has 8 nitrogen and oxygen atoms in total. The van der Waals surface area contributed by atoms with Gasteiger partial charge >= 0.3 is 17.7 Å². The Morgan fingerprint density at radius 2 is 1.86 bits per heavy atom. The van der Waals surface area contributed by atoms with Crippen molar-refractivity contribution in [2.24, 2.45) is 0 Å². The molecule has 0 unspecified atom stereocenters. The van der Waals surface area contributed by atoms with Gasteiger partial charge in [0, 0.05) is 40.5 Å². The van der Waals surface area contributed by atoms with Crippen molar-refractivity contribution in [2.75, 3.05) is 0 Å². The highest BCUT2D eigenvalue weighted by molar-refractivity contribution is 5.88. The lowest BCUT2D eigenvalue weighted by atomic mass is 10.0. The van der Waals surface area contributed by atoms with E-state index < -0.39 is 23.7 Å². The van der Waals surface area contributed by atoms with Crippen LogP contribution in [0.15, 0.2) is 57.9 Å². The maximum absolute atomic E-state index is 13.3. The summed E-state index contributed by atoms with van der Waals surface area (Å²) >= 11 is 0. The Morgan fingerprint density at radius 3 is 2.67 bits per heavy atom. The van der Waals surface area contributed by atoms with Crippen LogP contribution in [0.3, 0.4) is 0 Å². The first-order chi connectivity index (χ1) is 17.2. The molecule has 1 aliphatic rings. The SMILES string of the molecule is CC(C)(C)OC(=O)N[C@@H](Cc1c[nH]c2ccccc12)C(=O)Oc1ccc2c3c(c(=O)oc2c1)CCC3. The normalized spacial score (nSPS) is 14.0. The van der Waals surface area contributed by atoms with Crippen LogP contribution in [0, 0.1) is 0 Å². The van der Waals surface area contributed by atoms with E-state index >= 15 is 0 Å². The molecular formula is C28H28N2O6. The molecule has 2 heterocycles. The van der Waals surface area contributed by atoms with Gasteiger partial charge in [-0.25, -0.2) is 14.4 Å². The monoisotopic (exact) mass is 488 g/mol. The van der Waals surface area contributed by atoms with Crippen molar-refractivity contribution in [3.05, 3.63) is 75.8 Å². The number of rotatable bonds is 5. The number of ether oxygens (including phenoxy) is 2. The fraction of sp³-hybridized carbons (Fsp3) is 0.321. The largest absolute Gasteiger partial charge is 0.444 e. The smallest absolute Gasteiger partial charge is 0.408 e. The fourth-order valence-electron chi connectivity index (χ4n) is 4.68. The number of carbonyl (C=O) groups excluding carboxylic acids is 2. The van der Waals surface area contributed by atoms with E-state index in [2.05, 4.69) is 10.3 Å². The summed E-state index contributed by atoms with van der Waals surface area (Å²) in [5.41, 5.74) is 2.81. The Balaban J connectivity index is 1.41. The zero-order valence-electron chi connectivity index (χ0n) is 20.5. The quantitative estimate of drug-likeness (QED) is 0.237. The summed E-state index contributed by atoms with van der Waals surface area (Å²) in [7, 11) is 0. The summed E-state index contributed by atoms with van der Waals surface area (Å²) in [5.74, 6) is -0.433. The van der Waals surface area contributed by atoms with Crippen LogP contribution in [0.1, 0.15) is 43.9 Å². The molecule has 0 saturated carbocycles. The molecule has 5 rings (SSSR count). The summed E-state index contributed by atoms with van der Waals surface area (Å²) in [6.07, 6.45) is 3.75. The molecule has 0 spiro atoms. The van der Waals surface area contributed by atoms with Crippen LogP contribution in [-0.2, 0) is 28.8 Å². The van der Waals surface area contributed by atoms with E-state index in [0.29, 0.717) is 5.58 Å². The second kappa shape index (κ2) is 9.18. The Kier molecular flexibility index (Phi) is 6.04. The average Bonchev–Trinajstić information content (AvgIpc) is 3.46. The van der Waals surface area contributed by atoms with Gasteiger partial charge in [-0.3, -0.25) is 0 Å². The van der Waals surface area contributed by atoms with Gasteiger partial charge in [0.15, 0.2) is 0 Å². The molecule has 2 aromatic carbocycles. The minimum atomic E-state index is -1.01. The number of hydrogen-bond donors (Lipinski definition) is 2. The second-order valence-corrected chi connectivity index (χ2v) is 10.0. The Morgan fingerprint density at radius 1 is 1.08 bits per heavy atom. The number of amides is 1. The molecule has 4 aromatic rings. The van der Waals surface area contributed by atoms with Crippen LogP contribution in [0.2, 0.25) is 0 Å². The van der Waals surface area contributed by atoms with E-state index in [1.54, 1.807) is 39.0 Å².